The number of aliphatic carboxylic acids is 1. The molecule has 4 heteroatoms. The van der Waals surface area contributed by atoms with Crippen LogP contribution in [0.25, 0.3) is 0 Å². The van der Waals surface area contributed by atoms with E-state index in [1.54, 1.807) is 6.08 Å². The molecule has 0 aliphatic carbocycles. The first-order valence-corrected chi connectivity index (χ1v) is 4.03. The normalized spacial score (nSPS) is 10.2. The van der Waals surface area contributed by atoms with Crippen molar-refractivity contribution in [3.63, 3.8) is 0 Å². The van der Waals surface area contributed by atoms with Gasteiger partial charge in [0.25, 0.3) is 0 Å². The Balaban J connectivity index is 0. The molecule has 0 atom stereocenters. The second-order valence-corrected chi connectivity index (χ2v) is 3.64. The predicted molar refractivity (Wildman–Crippen MR) is 55.6 cm³/mol. The Kier molecular flexibility index (Phi) is 7.34. The zero-order chi connectivity index (χ0) is 11.8. The molecule has 0 bridgehead atoms. The Hall–Kier alpha value is -1.58. The average Bonchev–Trinajstić information content (AvgIpc) is 2.01. The Bertz CT molecular complexity index is 236. The minimum absolute atomic E-state index is 0.0506. The number of nitrogens with two attached hydrogens (primary N) is 1. The third-order valence-corrected chi connectivity index (χ3v) is 0.922. The summed E-state index contributed by atoms with van der Waals surface area (Å²) in [5.41, 5.74) is 4.92. The summed E-state index contributed by atoms with van der Waals surface area (Å²) in [6.45, 7) is 8.98. The van der Waals surface area contributed by atoms with Crippen LogP contribution in [0.1, 0.15) is 20.8 Å². The number of hydrogen-bond acceptors (Lipinski definition) is 2. The molecule has 0 fully saturated rings. The zero-order valence-corrected chi connectivity index (χ0v) is 8.78. The van der Waals surface area contributed by atoms with Crippen LogP contribution in [0, 0.1) is 5.41 Å². The first-order chi connectivity index (χ1) is 6.19. The van der Waals surface area contributed by atoms with Crippen LogP contribution in [0.4, 0.5) is 0 Å². The van der Waals surface area contributed by atoms with Gasteiger partial charge >= 0.3 is 5.97 Å². The Morgan fingerprint density at radius 3 is 1.79 bits per heavy atom. The van der Waals surface area contributed by atoms with Crippen LogP contribution >= 0.6 is 0 Å². The molecule has 0 aromatic rings. The molecule has 0 aromatic heterocycles. The summed E-state index contributed by atoms with van der Waals surface area (Å²) in [5, 5.41) is 7.60. The van der Waals surface area contributed by atoms with Crippen molar-refractivity contribution in [2.24, 2.45) is 11.1 Å². The van der Waals surface area contributed by atoms with Gasteiger partial charge in [-0.3, -0.25) is 4.79 Å². The number of carboxylic acids is 1. The van der Waals surface area contributed by atoms with Crippen molar-refractivity contribution in [2.75, 3.05) is 0 Å². The van der Waals surface area contributed by atoms with Gasteiger partial charge in [-0.2, -0.15) is 0 Å². The van der Waals surface area contributed by atoms with Gasteiger partial charge in [0.2, 0.25) is 5.91 Å². The monoisotopic (exact) mass is 199 g/mol. The molecule has 80 valence electrons. The van der Waals surface area contributed by atoms with Gasteiger partial charge in [0, 0.05) is 6.08 Å². The maximum atomic E-state index is 10.2. The summed E-state index contributed by atoms with van der Waals surface area (Å²) in [4.78, 5) is 19.4. The quantitative estimate of drug-likeness (QED) is 0.658. The first kappa shape index (κ1) is 14.9. The summed E-state index contributed by atoms with van der Waals surface area (Å²) < 4.78 is 0. The number of amides is 1. The van der Waals surface area contributed by atoms with E-state index < -0.39 is 5.97 Å². The van der Waals surface area contributed by atoms with E-state index in [1.807, 2.05) is 20.8 Å². The van der Waals surface area contributed by atoms with E-state index >= 15 is 0 Å². The molecule has 0 radical (unpaired) electrons. The van der Waals surface area contributed by atoms with Gasteiger partial charge in [-0.1, -0.05) is 33.4 Å². The third kappa shape index (κ3) is 22.4. The molecule has 0 aliphatic rings. The lowest BCUT2D eigenvalue weighted by Gasteiger charge is -2.09. The summed E-state index contributed by atoms with van der Waals surface area (Å²) in [7, 11) is 0. The molecule has 0 aromatic carbocycles. The van der Waals surface area contributed by atoms with E-state index in [-0.39, 0.29) is 11.3 Å². The highest BCUT2D eigenvalue weighted by atomic mass is 16.4. The Morgan fingerprint density at radius 1 is 1.36 bits per heavy atom. The molecule has 0 spiro atoms. The number of carboxylic acid groups (broad SMARTS) is 1. The van der Waals surface area contributed by atoms with E-state index in [0.717, 1.165) is 6.08 Å². The topological polar surface area (TPSA) is 80.4 Å². The van der Waals surface area contributed by atoms with Crippen LogP contribution in [-0.4, -0.2) is 17.0 Å². The minimum Gasteiger partial charge on any atom is -0.478 e. The van der Waals surface area contributed by atoms with Gasteiger partial charge in [-0.05, 0) is 11.5 Å². The van der Waals surface area contributed by atoms with Crippen LogP contribution in [-0.2, 0) is 9.59 Å². The standard InChI is InChI=1S/C7H13NO.C3H4O2/c1-7(2,3)5-4-6(8)9;1-2-3(4)5/h4-5H,1-3H3,(H2,8,9);2H,1H2,(H,4,5). The SMILES string of the molecule is C=CC(=O)O.CC(C)(C)C=CC(N)=O. The third-order valence-electron chi connectivity index (χ3n) is 0.922. The molecule has 4 nitrogen and oxygen atoms in total. The van der Waals surface area contributed by atoms with Crippen LogP contribution in [0.5, 0.6) is 0 Å². The van der Waals surface area contributed by atoms with Gasteiger partial charge in [0.05, 0.1) is 0 Å². The van der Waals surface area contributed by atoms with Gasteiger partial charge in [0.1, 0.15) is 0 Å². The number of carbonyl (C=O) groups excluding carboxylic acids is 1. The second kappa shape index (κ2) is 6.88. The summed E-state index contributed by atoms with van der Waals surface area (Å²) in [6, 6.07) is 0. The summed E-state index contributed by atoms with van der Waals surface area (Å²) in [6.07, 6.45) is 4.01. The average molecular weight is 199 g/mol. The lowest BCUT2D eigenvalue weighted by Crippen LogP contribution is -2.08. The molecule has 0 aliphatic heterocycles. The minimum atomic E-state index is -0.981. The molecular formula is C10H17NO3. The van der Waals surface area contributed by atoms with Crippen molar-refractivity contribution in [3.05, 3.63) is 24.8 Å². The van der Waals surface area contributed by atoms with Gasteiger partial charge in [-0.25, -0.2) is 4.79 Å². The molecule has 0 unspecified atom stereocenters. The van der Waals surface area contributed by atoms with E-state index in [0.29, 0.717) is 0 Å². The second-order valence-electron chi connectivity index (χ2n) is 3.64. The maximum absolute atomic E-state index is 10.2. The van der Waals surface area contributed by atoms with Crippen molar-refractivity contribution < 1.29 is 14.7 Å². The van der Waals surface area contributed by atoms with Crippen molar-refractivity contribution in [1.82, 2.24) is 0 Å². The Labute approximate surface area is 84.1 Å². The first-order valence-electron chi connectivity index (χ1n) is 4.03. The number of hydrogen-bond donors (Lipinski definition) is 2. The lowest BCUT2D eigenvalue weighted by atomic mass is 9.96. The smallest absolute Gasteiger partial charge is 0.327 e. The Morgan fingerprint density at radius 2 is 1.71 bits per heavy atom. The molecule has 0 saturated carbocycles. The van der Waals surface area contributed by atoms with Crippen LogP contribution in [0.15, 0.2) is 24.8 Å². The fraction of sp³-hybridized carbons (Fsp3) is 0.400. The van der Waals surface area contributed by atoms with Crippen LogP contribution < -0.4 is 5.73 Å². The van der Waals surface area contributed by atoms with Gasteiger partial charge in [0.15, 0.2) is 0 Å². The molecule has 14 heavy (non-hydrogen) atoms. The highest BCUT2D eigenvalue weighted by molar-refractivity contribution is 5.85. The highest BCUT2D eigenvalue weighted by Crippen LogP contribution is 2.13. The molecule has 0 saturated heterocycles. The van der Waals surface area contributed by atoms with Crippen LogP contribution in [0.3, 0.4) is 0 Å². The molecule has 0 heterocycles. The van der Waals surface area contributed by atoms with Crippen molar-refractivity contribution in [3.8, 4) is 0 Å². The molecule has 1 amide bonds. The number of rotatable bonds is 2. The lowest BCUT2D eigenvalue weighted by molar-refractivity contribution is -0.131. The van der Waals surface area contributed by atoms with E-state index in [2.05, 4.69) is 6.58 Å². The maximum Gasteiger partial charge on any atom is 0.327 e. The fourth-order valence-electron chi connectivity index (χ4n) is 0.332. The largest absolute Gasteiger partial charge is 0.478 e. The summed E-state index contributed by atoms with van der Waals surface area (Å²) in [5.74, 6) is -1.37. The molecule has 0 rings (SSSR count). The number of carbonyl (C=O) groups is 2. The van der Waals surface area contributed by atoms with E-state index in [9.17, 15) is 9.59 Å². The molecular weight excluding hydrogens is 182 g/mol. The van der Waals surface area contributed by atoms with Crippen molar-refractivity contribution in [2.45, 2.75) is 20.8 Å². The van der Waals surface area contributed by atoms with Crippen molar-refractivity contribution in [1.29, 1.82) is 0 Å². The zero-order valence-electron chi connectivity index (χ0n) is 8.78. The predicted octanol–water partition coefficient (Wildman–Crippen LogP) is 1.33. The van der Waals surface area contributed by atoms with E-state index in [1.165, 1.54) is 6.08 Å². The fourth-order valence-corrected chi connectivity index (χ4v) is 0.332. The van der Waals surface area contributed by atoms with Gasteiger partial charge < -0.3 is 10.8 Å². The van der Waals surface area contributed by atoms with E-state index in [4.69, 9.17) is 10.8 Å². The van der Waals surface area contributed by atoms with Crippen LogP contribution in [0.2, 0.25) is 0 Å². The molecule has 3 N–H and O–H groups in total. The highest BCUT2D eigenvalue weighted by Gasteiger charge is 2.03. The van der Waals surface area contributed by atoms with Crippen molar-refractivity contribution >= 4 is 11.9 Å². The number of primary amides is 1. The summed E-state index contributed by atoms with van der Waals surface area (Å²) >= 11 is 0. The van der Waals surface area contributed by atoms with Gasteiger partial charge in [-0.15, -0.1) is 0 Å². The number of allylic oxidation sites excluding steroid dienone is 1.